The Bertz CT molecular complexity index is 1250. The number of rotatable bonds is 69. The predicted octanol–water partition coefficient (Wildman–Crippen LogP) is 23.7. The highest BCUT2D eigenvalue weighted by Crippen LogP contribution is 2.19. The predicted molar refractivity (Wildman–Crippen MR) is 352 cm³/mol. The monoisotopic (exact) mass is 1130 g/mol. The fraction of sp³-hybridized carbons (Fsp3) is 0.919. The second-order valence-electron chi connectivity index (χ2n) is 25.3. The second-order valence-corrected chi connectivity index (χ2v) is 25.3. The van der Waals surface area contributed by atoms with Crippen LogP contribution in [-0.4, -0.2) is 47.4 Å². The van der Waals surface area contributed by atoms with Crippen LogP contribution in [-0.2, 0) is 14.3 Å². The van der Waals surface area contributed by atoms with E-state index in [9.17, 15) is 19.8 Å². The number of nitrogens with one attached hydrogen (secondary N) is 1. The van der Waals surface area contributed by atoms with Gasteiger partial charge >= 0.3 is 5.97 Å². The average Bonchev–Trinajstić information content (AvgIpc) is 3.46. The molecule has 0 aromatic heterocycles. The Morgan fingerprint density at radius 2 is 0.588 bits per heavy atom. The first kappa shape index (κ1) is 78.3. The molecule has 2 atom stereocenters. The number of hydrogen-bond donors (Lipinski definition) is 3. The van der Waals surface area contributed by atoms with E-state index in [0.29, 0.717) is 19.4 Å². The maximum atomic E-state index is 12.5. The van der Waals surface area contributed by atoms with Crippen LogP contribution in [0.1, 0.15) is 412 Å². The summed E-state index contributed by atoms with van der Waals surface area (Å²) in [6.45, 7) is 4.95. The lowest BCUT2D eigenvalue weighted by Gasteiger charge is -2.20. The molecule has 0 aliphatic carbocycles. The number of unbranched alkanes of at least 4 members (excludes halogenated alkanes) is 56. The van der Waals surface area contributed by atoms with Gasteiger partial charge in [0.1, 0.15) is 0 Å². The Morgan fingerprint density at radius 3 is 0.887 bits per heavy atom. The highest BCUT2D eigenvalue weighted by Gasteiger charge is 2.18. The van der Waals surface area contributed by atoms with Gasteiger partial charge in [0.15, 0.2) is 0 Å². The fourth-order valence-electron chi connectivity index (χ4n) is 11.6. The highest BCUT2D eigenvalue weighted by molar-refractivity contribution is 5.76. The van der Waals surface area contributed by atoms with Crippen LogP contribution in [0.2, 0.25) is 0 Å². The van der Waals surface area contributed by atoms with Crippen molar-refractivity contribution in [3.05, 3.63) is 24.3 Å². The lowest BCUT2D eigenvalue weighted by atomic mass is 10.0. The van der Waals surface area contributed by atoms with Crippen molar-refractivity contribution >= 4 is 11.9 Å². The fourth-order valence-corrected chi connectivity index (χ4v) is 11.6. The van der Waals surface area contributed by atoms with Crippen LogP contribution < -0.4 is 5.32 Å². The number of amides is 1. The lowest BCUT2D eigenvalue weighted by molar-refractivity contribution is -0.143. The summed E-state index contributed by atoms with van der Waals surface area (Å²) in [6.07, 6.45) is 88.4. The summed E-state index contributed by atoms with van der Waals surface area (Å²) >= 11 is 0. The van der Waals surface area contributed by atoms with Crippen LogP contribution in [0.15, 0.2) is 24.3 Å². The van der Waals surface area contributed by atoms with E-state index in [0.717, 1.165) is 38.5 Å². The molecule has 0 heterocycles. The molecular weight excluding hydrogens is 983 g/mol. The van der Waals surface area contributed by atoms with Crippen LogP contribution in [0.3, 0.4) is 0 Å². The Kier molecular flexibility index (Phi) is 68.4. The average molecular weight is 1130 g/mol. The molecule has 6 nitrogen and oxygen atoms in total. The molecule has 0 aliphatic rings. The number of esters is 1. The molecule has 474 valence electrons. The summed E-state index contributed by atoms with van der Waals surface area (Å²) in [6, 6.07) is -0.626. The summed E-state index contributed by atoms with van der Waals surface area (Å²) in [5.41, 5.74) is 0. The third kappa shape index (κ3) is 65.5. The third-order valence-electron chi connectivity index (χ3n) is 17.2. The Hall–Kier alpha value is -1.66. The molecule has 1 amide bonds. The van der Waals surface area contributed by atoms with Crippen molar-refractivity contribution in [3.63, 3.8) is 0 Å². The molecule has 6 heteroatoms. The largest absolute Gasteiger partial charge is 0.466 e. The van der Waals surface area contributed by atoms with Gasteiger partial charge in [0.05, 0.1) is 25.4 Å². The smallest absolute Gasteiger partial charge is 0.305 e. The zero-order valence-electron chi connectivity index (χ0n) is 54.3. The first-order chi connectivity index (χ1) is 39.5. The first-order valence-electron chi connectivity index (χ1n) is 36.6. The van der Waals surface area contributed by atoms with Gasteiger partial charge in [0.25, 0.3) is 0 Å². The van der Waals surface area contributed by atoms with E-state index in [-0.39, 0.29) is 18.5 Å². The van der Waals surface area contributed by atoms with Gasteiger partial charge in [-0.25, -0.2) is 0 Å². The molecule has 2 unspecified atom stereocenters. The van der Waals surface area contributed by atoms with Gasteiger partial charge < -0.3 is 20.3 Å². The van der Waals surface area contributed by atoms with Gasteiger partial charge in [-0.1, -0.05) is 366 Å². The maximum Gasteiger partial charge on any atom is 0.305 e. The van der Waals surface area contributed by atoms with E-state index >= 15 is 0 Å². The number of ether oxygens (including phenoxy) is 1. The molecule has 0 spiro atoms. The number of carbonyl (C=O) groups excluding carboxylic acids is 2. The molecule has 0 radical (unpaired) electrons. The minimum atomic E-state index is -0.843. The van der Waals surface area contributed by atoms with Gasteiger partial charge in [0.2, 0.25) is 5.91 Å². The van der Waals surface area contributed by atoms with Crippen molar-refractivity contribution in [2.45, 2.75) is 424 Å². The van der Waals surface area contributed by atoms with Gasteiger partial charge in [-0.15, -0.1) is 0 Å². The normalized spacial score (nSPS) is 12.6. The minimum Gasteiger partial charge on any atom is -0.466 e. The Labute approximate surface area is 501 Å². The summed E-state index contributed by atoms with van der Waals surface area (Å²) in [5.74, 6) is -0.0418. The highest BCUT2D eigenvalue weighted by atomic mass is 16.5. The van der Waals surface area contributed by atoms with E-state index < -0.39 is 12.1 Å². The van der Waals surface area contributed by atoms with E-state index in [1.807, 2.05) is 6.08 Å². The van der Waals surface area contributed by atoms with Crippen LogP contribution in [0.25, 0.3) is 0 Å². The SMILES string of the molecule is CCCCCCCCCCCCCCCCCC/C=C/C(O)C(CO)NC(=O)CCCCCCCCCCCCCCCCC/C=C\CCCCCCCCCCCCCCOC(=O)CCCCCCCCCCCCCCCC. The van der Waals surface area contributed by atoms with Crippen molar-refractivity contribution < 1.29 is 24.5 Å². The maximum absolute atomic E-state index is 12.5. The molecule has 0 aromatic rings. The topological polar surface area (TPSA) is 95.9 Å². The van der Waals surface area contributed by atoms with Crippen LogP contribution in [0, 0.1) is 0 Å². The second kappa shape index (κ2) is 69.8. The van der Waals surface area contributed by atoms with Crippen molar-refractivity contribution in [2.24, 2.45) is 0 Å². The molecule has 0 bridgehead atoms. The van der Waals surface area contributed by atoms with E-state index in [1.165, 1.54) is 347 Å². The molecule has 0 fully saturated rings. The van der Waals surface area contributed by atoms with Crippen LogP contribution in [0.5, 0.6) is 0 Å². The summed E-state index contributed by atoms with van der Waals surface area (Å²) in [7, 11) is 0. The zero-order valence-corrected chi connectivity index (χ0v) is 54.3. The lowest BCUT2D eigenvalue weighted by Crippen LogP contribution is -2.45. The quantitative estimate of drug-likeness (QED) is 0.0320. The molecule has 0 saturated heterocycles. The Balaban J connectivity index is 3.37. The summed E-state index contributed by atoms with van der Waals surface area (Å²) < 4.78 is 5.50. The van der Waals surface area contributed by atoms with Crippen LogP contribution >= 0.6 is 0 Å². The number of allylic oxidation sites excluding steroid dienone is 3. The molecule has 0 aromatic carbocycles. The molecule has 80 heavy (non-hydrogen) atoms. The van der Waals surface area contributed by atoms with Gasteiger partial charge in [-0.2, -0.15) is 0 Å². The zero-order chi connectivity index (χ0) is 57.8. The van der Waals surface area contributed by atoms with Crippen LogP contribution in [0.4, 0.5) is 0 Å². The number of hydrogen-bond acceptors (Lipinski definition) is 5. The molecule has 0 rings (SSSR count). The van der Waals surface area contributed by atoms with Crippen molar-refractivity contribution in [2.75, 3.05) is 13.2 Å². The third-order valence-corrected chi connectivity index (χ3v) is 17.2. The molecule has 0 saturated carbocycles. The van der Waals surface area contributed by atoms with Gasteiger partial charge in [-0.05, 0) is 57.8 Å². The van der Waals surface area contributed by atoms with Gasteiger partial charge in [0, 0.05) is 12.8 Å². The number of carbonyl (C=O) groups is 2. The van der Waals surface area contributed by atoms with E-state index in [4.69, 9.17) is 4.74 Å². The Morgan fingerprint density at radius 1 is 0.338 bits per heavy atom. The minimum absolute atomic E-state index is 0.0204. The van der Waals surface area contributed by atoms with Crippen molar-refractivity contribution in [1.82, 2.24) is 5.32 Å². The van der Waals surface area contributed by atoms with Crippen molar-refractivity contribution in [1.29, 1.82) is 0 Å². The molecular formula is C74H143NO5. The summed E-state index contributed by atoms with van der Waals surface area (Å²) in [5, 5.41) is 23.2. The molecule has 3 N–H and O–H groups in total. The molecule has 0 aliphatic heterocycles. The van der Waals surface area contributed by atoms with Gasteiger partial charge in [-0.3, -0.25) is 9.59 Å². The number of aliphatic hydroxyl groups is 2. The van der Waals surface area contributed by atoms with Crippen molar-refractivity contribution in [3.8, 4) is 0 Å². The first-order valence-corrected chi connectivity index (χ1v) is 36.6. The van der Waals surface area contributed by atoms with E-state index in [2.05, 4.69) is 31.3 Å². The van der Waals surface area contributed by atoms with E-state index in [1.54, 1.807) is 6.08 Å². The number of aliphatic hydroxyl groups excluding tert-OH is 2. The summed E-state index contributed by atoms with van der Waals surface area (Å²) in [4.78, 5) is 24.6. The standard InChI is InChI=1S/C74H143NO5/c1-3-5-7-9-11-13-15-17-19-20-36-39-42-46-50-54-58-62-66-72(77)71(70-76)75-73(78)67-63-59-55-51-47-43-40-37-34-32-30-28-26-24-22-21-23-25-27-29-31-33-35-38-41-45-49-53-57-61-65-69-80-74(79)68-64-60-56-52-48-44-18-16-14-12-10-8-6-4-2/h23,25,62,66,71-72,76-77H,3-22,24,26-61,63-65,67-70H2,1-2H3,(H,75,78)/b25-23-,66-62+.